The van der Waals surface area contributed by atoms with Crippen LogP contribution in [-0.4, -0.2) is 31.1 Å². The van der Waals surface area contributed by atoms with Crippen LogP contribution in [0.4, 0.5) is 8.78 Å². The van der Waals surface area contributed by atoms with Crippen LogP contribution in [0, 0.1) is 0 Å². The topological polar surface area (TPSA) is 38.5 Å². The molecule has 18 heavy (non-hydrogen) atoms. The fourth-order valence-corrected chi connectivity index (χ4v) is 1.64. The first-order valence-corrected chi connectivity index (χ1v) is 5.45. The zero-order valence-corrected chi connectivity index (χ0v) is 11.3. The number of likely N-dealkylation sites (N-methyl/N-ethyl adjacent to an activating group) is 1. The Kier molecular flexibility index (Phi) is 7.82. The van der Waals surface area contributed by atoms with E-state index < -0.39 is 6.61 Å². The van der Waals surface area contributed by atoms with E-state index in [-0.39, 0.29) is 24.2 Å². The summed E-state index contributed by atoms with van der Waals surface area (Å²) in [5.41, 5.74) is 6.72. The van der Waals surface area contributed by atoms with Gasteiger partial charge in [-0.2, -0.15) is 8.78 Å². The van der Waals surface area contributed by atoms with Gasteiger partial charge < -0.3 is 15.4 Å². The van der Waals surface area contributed by atoms with E-state index in [2.05, 4.69) is 9.64 Å². The van der Waals surface area contributed by atoms with Crippen LogP contribution >= 0.6 is 12.4 Å². The highest BCUT2D eigenvalue weighted by molar-refractivity contribution is 5.85. The molecule has 0 aliphatic rings. The first kappa shape index (κ1) is 17.1. The van der Waals surface area contributed by atoms with E-state index in [1.165, 1.54) is 0 Å². The summed E-state index contributed by atoms with van der Waals surface area (Å²) in [4.78, 5) is 2.08. The monoisotopic (exact) mass is 280 g/mol. The van der Waals surface area contributed by atoms with Crippen LogP contribution in [0.3, 0.4) is 0 Å². The maximum atomic E-state index is 11.9. The molecule has 0 heterocycles. The number of hydrogen-bond acceptors (Lipinski definition) is 3. The van der Waals surface area contributed by atoms with Crippen LogP contribution in [0.25, 0.3) is 0 Å². The molecule has 0 aromatic heterocycles. The van der Waals surface area contributed by atoms with Gasteiger partial charge in [0.25, 0.3) is 0 Å². The third kappa shape index (κ3) is 6.74. The molecule has 3 nitrogen and oxygen atoms in total. The van der Waals surface area contributed by atoms with Crippen molar-refractivity contribution in [2.45, 2.75) is 26.1 Å². The Morgan fingerprint density at radius 3 is 2.28 bits per heavy atom. The third-order valence-electron chi connectivity index (χ3n) is 2.20. The average molecular weight is 281 g/mol. The molecule has 2 N–H and O–H groups in total. The van der Waals surface area contributed by atoms with E-state index in [1.807, 2.05) is 14.0 Å². The molecule has 0 aliphatic heterocycles. The van der Waals surface area contributed by atoms with Gasteiger partial charge in [0.05, 0.1) is 0 Å². The van der Waals surface area contributed by atoms with Crippen molar-refractivity contribution in [3.8, 4) is 5.75 Å². The quantitative estimate of drug-likeness (QED) is 0.870. The smallest absolute Gasteiger partial charge is 0.387 e. The lowest BCUT2D eigenvalue weighted by molar-refractivity contribution is -0.0498. The summed E-state index contributed by atoms with van der Waals surface area (Å²) in [5.74, 6) is 0.179. The predicted molar refractivity (Wildman–Crippen MR) is 70.3 cm³/mol. The van der Waals surface area contributed by atoms with Crippen LogP contribution in [0.15, 0.2) is 24.3 Å². The van der Waals surface area contributed by atoms with Gasteiger partial charge in [0, 0.05) is 19.1 Å². The van der Waals surface area contributed by atoms with Gasteiger partial charge in [-0.15, -0.1) is 12.4 Å². The van der Waals surface area contributed by atoms with Gasteiger partial charge in [0.15, 0.2) is 0 Å². The highest BCUT2D eigenvalue weighted by Gasteiger charge is 2.05. The molecule has 6 heteroatoms. The lowest BCUT2D eigenvalue weighted by Crippen LogP contribution is -2.32. The summed E-state index contributed by atoms with van der Waals surface area (Å²) < 4.78 is 28.1. The van der Waals surface area contributed by atoms with Gasteiger partial charge >= 0.3 is 6.61 Å². The molecule has 1 aromatic rings. The molecule has 1 unspecified atom stereocenters. The standard InChI is InChI=1S/C12H18F2N2O.ClH/c1-9(15)7-16(2)8-10-3-5-11(6-4-10)17-12(13)14;/h3-6,9,12H,7-8,15H2,1-2H3;1H. The molecule has 1 rings (SSSR count). The molecule has 0 radical (unpaired) electrons. The lowest BCUT2D eigenvalue weighted by Gasteiger charge is -2.18. The van der Waals surface area contributed by atoms with Crippen LogP contribution in [0.5, 0.6) is 5.75 Å². The van der Waals surface area contributed by atoms with Gasteiger partial charge in [0.2, 0.25) is 0 Å². The maximum absolute atomic E-state index is 11.9. The number of halogens is 3. The minimum absolute atomic E-state index is 0. The number of alkyl halides is 2. The molecule has 1 aromatic carbocycles. The van der Waals surface area contributed by atoms with E-state index >= 15 is 0 Å². The highest BCUT2D eigenvalue weighted by Crippen LogP contribution is 2.15. The Bertz CT molecular complexity index is 333. The molecule has 0 spiro atoms. The molecule has 0 saturated heterocycles. The minimum atomic E-state index is -2.78. The van der Waals surface area contributed by atoms with E-state index in [4.69, 9.17) is 5.73 Å². The number of nitrogens with two attached hydrogens (primary N) is 1. The van der Waals surface area contributed by atoms with E-state index in [0.29, 0.717) is 0 Å². The minimum Gasteiger partial charge on any atom is -0.435 e. The van der Waals surface area contributed by atoms with Gasteiger partial charge in [-0.1, -0.05) is 12.1 Å². The van der Waals surface area contributed by atoms with Gasteiger partial charge in [-0.25, -0.2) is 0 Å². The van der Waals surface area contributed by atoms with E-state index in [1.54, 1.807) is 24.3 Å². The Labute approximate surface area is 112 Å². The number of nitrogens with zero attached hydrogens (tertiary/aromatic N) is 1. The predicted octanol–water partition coefficient (Wildman–Crippen LogP) is 2.49. The summed E-state index contributed by atoms with van der Waals surface area (Å²) in [6, 6.07) is 6.74. The second-order valence-corrected chi connectivity index (χ2v) is 4.20. The Balaban J connectivity index is 0.00000289. The molecular weight excluding hydrogens is 262 g/mol. The average Bonchev–Trinajstić information content (AvgIpc) is 2.18. The van der Waals surface area contributed by atoms with Crippen LogP contribution < -0.4 is 10.5 Å². The summed E-state index contributed by atoms with van der Waals surface area (Å²) in [6.45, 7) is 0.684. The van der Waals surface area contributed by atoms with Crippen molar-refractivity contribution in [2.24, 2.45) is 5.73 Å². The zero-order valence-electron chi connectivity index (χ0n) is 10.5. The van der Waals surface area contributed by atoms with Crippen molar-refractivity contribution in [3.05, 3.63) is 29.8 Å². The van der Waals surface area contributed by atoms with Crippen LogP contribution in [0.2, 0.25) is 0 Å². The summed E-state index contributed by atoms with van der Waals surface area (Å²) in [6.07, 6.45) is 0. The SMILES string of the molecule is CC(N)CN(C)Cc1ccc(OC(F)F)cc1.Cl. The van der Waals surface area contributed by atoms with Crippen molar-refractivity contribution in [1.29, 1.82) is 0 Å². The summed E-state index contributed by atoms with van der Waals surface area (Å²) in [5, 5.41) is 0. The van der Waals surface area contributed by atoms with Crippen molar-refractivity contribution in [3.63, 3.8) is 0 Å². The lowest BCUT2D eigenvalue weighted by atomic mass is 10.2. The Hall–Kier alpha value is -0.910. The highest BCUT2D eigenvalue weighted by atomic mass is 35.5. The zero-order chi connectivity index (χ0) is 12.8. The molecule has 1 atom stereocenters. The molecule has 0 fully saturated rings. The van der Waals surface area contributed by atoms with Crippen molar-refractivity contribution in [2.75, 3.05) is 13.6 Å². The molecule has 104 valence electrons. The van der Waals surface area contributed by atoms with Crippen molar-refractivity contribution >= 4 is 12.4 Å². The Morgan fingerprint density at radius 2 is 1.83 bits per heavy atom. The van der Waals surface area contributed by atoms with Crippen LogP contribution in [0.1, 0.15) is 12.5 Å². The van der Waals surface area contributed by atoms with Crippen molar-refractivity contribution < 1.29 is 13.5 Å². The maximum Gasteiger partial charge on any atom is 0.387 e. The fraction of sp³-hybridized carbons (Fsp3) is 0.500. The normalized spacial score (nSPS) is 12.4. The molecule has 0 bridgehead atoms. The fourth-order valence-electron chi connectivity index (χ4n) is 1.64. The van der Waals surface area contributed by atoms with Crippen LogP contribution in [-0.2, 0) is 6.54 Å². The number of rotatable bonds is 6. The number of benzene rings is 1. The molecular formula is C12H19ClF2N2O. The molecule has 0 saturated carbocycles. The first-order chi connectivity index (χ1) is 7.97. The van der Waals surface area contributed by atoms with Gasteiger partial charge in [-0.3, -0.25) is 0 Å². The summed E-state index contributed by atoms with van der Waals surface area (Å²) >= 11 is 0. The van der Waals surface area contributed by atoms with Gasteiger partial charge in [0.1, 0.15) is 5.75 Å². The number of ether oxygens (including phenoxy) is 1. The third-order valence-corrected chi connectivity index (χ3v) is 2.20. The second-order valence-electron chi connectivity index (χ2n) is 4.20. The summed E-state index contributed by atoms with van der Waals surface area (Å²) in [7, 11) is 1.97. The largest absolute Gasteiger partial charge is 0.435 e. The molecule has 0 amide bonds. The second kappa shape index (κ2) is 8.24. The van der Waals surface area contributed by atoms with E-state index in [9.17, 15) is 8.78 Å². The van der Waals surface area contributed by atoms with Crippen molar-refractivity contribution in [1.82, 2.24) is 4.90 Å². The van der Waals surface area contributed by atoms with Gasteiger partial charge in [-0.05, 0) is 31.7 Å². The van der Waals surface area contributed by atoms with E-state index in [0.717, 1.165) is 18.7 Å². The molecule has 0 aliphatic carbocycles. The Morgan fingerprint density at radius 1 is 1.28 bits per heavy atom. The first-order valence-electron chi connectivity index (χ1n) is 5.45. The number of hydrogen-bond donors (Lipinski definition) is 1.